The normalized spacial score (nSPS) is 15.8. The van der Waals surface area contributed by atoms with Crippen LogP contribution in [0.2, 0.25) is 0 Å². The van der Waals surface area contributed by atoms with Crippen LogP contribution >= 0.6 is 11.8 Å². The second-order valence-electron chi connectivity index (χ2n) is 6.85. The number of thioether (sulfide) groups is 1. The van der Waals surface area contributed by atoms with Gasteiger partial charge < -0.3 is 14.7 Å². The number of carboxylic acids is 1. The van der Waals surface area contributed by atoms with E-state index in [9.17, 15) is 18.7 Å². The molecule has 0 aromatic heterocycles. The number of carbonyl (C=O) groups is 1. The molecular formula is C23H23F2NO3S. The number of aliphatic carboxylic acids is 1. The summed E-state index contributed by atoms with van der Waals surface area (Å²) in [7, 11) is 1.48. The zero-order valence-electron chi connectivity index (χ0n) is 16.6. The van der Waals surface area contributed by atoms with Gasteiger partial charge in [0.15, 0.2) is 0 Å². The number of rotatable bonds is 9. The molecule has 0 amide bonds. The molecule has 2 aromatic carbocycles. The van der Waals surface area contributed by atoms with Gasteiger partial charge in [-0.15, -0.1) is 11.8 Å². The molecule has 0 bridgehead atoms. The predicted octanol–water partition coefficient (Wildman–Crippen LogP) is 5.01. The van der Waals surface area contributed by atoms with Crippen molar-refractivity contribution in [2.24, 2.45) is 0 Å². The maximum Gasteiger partial charge on any atom is 0.334 e. The van der Waals surface area contributed by atoms with Gasteiger partial charge in [-0.05, 0) is 54.5 Å². The Hall–Kier alpha value is -2.80. The molecule has 4 nitrogen and oxygen atoms in total. The van der Waals surface area contributed by atoms with E-state index < -0.39 is 5.97 Å². The van der Waals surface area contributed by atoms with Crippen molar-refractivity contribution < 1.29 is 23.4 Å². The molecule has 0 saturated carbocycles. The van der Waals surface area contributed by atoms with Gasteiger partial charge in [0, 0.05) is 24.4 Å². The molecule has 0 aliphatic carbocycles. The van der Waals surface area contributed by atoms with Crippen molar-refractivity contribution in [3.63, 3.8) is 0 Å². The van der Waals surface area contributed by atoms with Crippen LogP contribution in [-0.4, -0.2) is 34.2 Å². The number of benzene rings is 2. The quantitative estimate of drug-likeness (QED) is 0.566. The second-order valence-corrected chi connectivity index (χ2v) is 8.04. The van der Waals surface area contributed by atoms with Gasteiger partial charge in [-0.3, -0.25) is 0 Å². The fraction of sp³-hybridized carbons (Fsp3) is 0.261. The van der Waals surface area contributed by atoms with E-state index in [1.807, 2.05) is 11.1 Å². The largest absolute Gasteiger partial charge is 0.496 e. The fourth-order valence-electron chi connectivity index (χ4n) is 3.26. The van der Waals surface area contributed by atoms with E-state index >= 15 is 0 Å². The molecule has 0 spiro atoms. The summed E-state index contributed by atoms with van der Waals surface area (Å²) < 4.78 is 31.8. The van der Waals surface area contributed by atoms with Crippen molar-refractivity contribution in [2.75, 3.05) is 12.9 Å². The number of hydrogen-bond donors (Lipinski definition) is 1. The molecule has 1 aliphatic heterocycles. The standard InChI is InChI=1S/C23H23F2NO3S/c1-29-21-14-19(25)11-8-17(21)15-26-12-2-5-20(23(27)28)22(26)30-13-3-4-16-6-9-18(24)10-7-16/h2,5-12,14,22H,3-4,13,15H2,1H3,(H,27,28). The Morgan fingerprint density at radius 3 is 2.60 bits per heavy atom. The first-order chi connectivity index (χ1) is 14.5. The highest BCUT2D eigenvalue weighted by Gasteiger charge is 2.28. The lowest BCUT2D eigenvalue weighted by Crippen LogP contribution is -2.34. The van der Waals surface area contributed by atoms with Crippen molar-refractivity contribution in [1.29, 1.82) is 0 Å². The number of halogens is 2. The van der Waals surface area contributed by atoms with Crippen LogP contribution in [0.4, 0.5) is 8.78 Å². The predicted molar refractivity (Wildman–Crippen MR) is 114 cm³/mol. The van der Waals surface area contributed by atoms with Crippen LogP contribution in [0, 0.1) is 11.6 Å². The highest BCUT2D eigenvalue weighted by molar-refractivity contribution is 8.00. The summed E-state index contributed by atoms with van der Waals surface area (Å²) >= 11 is 1.54. The van der Waals surface area contributed by atoms with E-state index in [4.69, 9.17) is 4.74 Å². The zero-order chi connectivity index (χ0) is 21.5. The van der Waals surface area contributed by atoms with E-state index in [1.165, 1.54) is 43.1 Å². The lowest BCUT2D eigenvalue weighted by Gasteiger charge is -2.33. The molecule has 2 aromatic rings. The van der Waals surface area contributed by atoms with Gasteiger partial charge in [0.05, 0.1) is 12.7 Å². The van der Waals surface area contributed by atoms with Crippen molar-refractivity contribution in [2.45, 2.75) is 24.8 Å². The first-order valence-electron chi connectivity index (χ1n) is 9.54. The number of nitrogens with zero attached hydrogens (tertiary/aromatic N) is 1. The molecule has 1 unspecified atom stereocenters. The maximum atomic E-state index is 13.5. The van der Waals surface area contributed by atoms with Crippen molar-refractivity contribution in [3.05, 3.63) is 89.2 Å². The molecule has 158 valence electrons. The van der Waals surface area contributed by atoms with Crippen LogP contribution in [0.15, 0.2) is 66.4 Å². The van der Waals surface area contributed by atoms with E-state index in [0.717, 1.165) is 29.7 Å². The van der Waals surface area contributed by atoms with Crippen LogP contribution in [0.25, 0.3) is 0 Å². The van der Waals surface area contributed by atoms with E-state index in [1.54, 1.807) is 30.4 Å². The van der Waals surface area contributed by atoms with E-state index in [0.29, 0.717) is 17.9 Å². The Labute approximate surface area is 178 Å². The number of hydrogen-bond acceptors (Lipinski definition) is 4. The van der Waals surface area contributed by atoms with Gasteiger partial charge in [-0.2, -0.15) is 0 Å². The summed E-state index contributed by atoms with van der Waals surface area (Å²) in [6.45, 7) is 0.389. The van der Waals surface area contributed by atoms with Crippen molar-refractivity contribution >= 4 is 17.7 Å². The number of carboxylic acid groups (broad SMARTS) is 1. The van der Waals surface area contributed by atoms with E-state index in [2.05, 4.69) is 0 Å². The summed E-state index contributed by atoms with van der Waals surface area (Å²) in [5.41, 5.74) is 2.11. The highest BCUT2D eigenvalue weighted by atomic mass is 32.2. The molecule has 0 fully saturated rings. The molecule has 3 rings (SSSR count). The van der Waals surface area contributed by atoms with Gasteiger partial charge in [0.25, 0.3) is 0 Å². The third-order valence-corrected chi connectivity index (χ3v) is 6.13. The molecular weight excluding hydrogens is 408 g/mol. The summed E-state index contributed by atoms with van der Waals surface area (Å²) in [5, 5.41) is 9.26. The maximum absolute atomic E-state index is 13.5. The summed E-state index contributed by atoms with van der Waals surface area (Å²) in [5.74, 6) is -0.452. The van der Waals surface area contributed by atoms with Crippen molar-refractivity contribution in [3.8, 4) is 5.75 Å². The average Bonchev–Trinajstić information content (AvgIpc) is 2.74. The molecule has 7 heteroatoms. The number of allylic oxidation sites excluding steroid dienone is 2. The van der Waals surface area contributed by atoms with E-state index in [-0.39, 0.29) is 17.0 Å². The Kier molecular flexibility index (Phi) is 7.52. The van der Waals surface area contributed by atoms with Crippen LogP contribution in [-0.2, 0) is 17.8 Å². The molecule has 1 N–H and O–H groups in total. The minimum absolute atomic E-state index is 0.259. The molecule has 1 heterocycles. The Balaban J connectivity index is 1.67. The van der Waals surface area contributed by atoms with Crippen LogP contribution in [0.5, 0.6) is 5.75 Å². The molecule has 0 saturated heterocycles. The monoisotopic (exact) mass is 431 g/mol. The van der Waals surface area contributed by atoms with Gasteiger partial charge in [0.1, 0.15) is 22.8 Å². The van der Waals surface area contributed by atoms with Gasteiger partial charge >= 0.3 is 5.97 Å². The minimum Gasteiger partial charge on any atom is -0.496 e. The zero-order valence-corrected chi connectivity index (χ0v) is 17.4. The number of aryl methyl sites for hydroxylation is 1. The third kappa shape index (κ3) is 5.63. The Bertz CT molecular complexity index is 944. The lowest BCUT2D eigenvalue weighted by molar-refractivity contribution is -0.133. The first-order valence-corrected chi connectivity index (χ1v) is 10.6. The summed E-state index contributed by atoms with van der Waals surface area (Å²) in [4.78, 5) is 13.7. The lowest BCUT2D eigenvalue weighted by atomic mass is 10.1. The summed E-state index contributed by atoms with van der Waals surface area (Å²) in [6, 6.07) is 10.7. The fourth-order valence-corrected chi connectivity index (χ4v) is 4.49. The Morgan fingerprint density at radius 1 is 1.17 bits per heavy atom. The Morgan fingerprint density at radius 2 is 1.90 bits per heavy atom. The van der Waals surface area contributed by atoms with Gasteiger partial charge in [-0.25, -0.2) is 13.6 Å². The van der Waals surface area contributed by atoms with Crippen LogP contribution in [0.3, 0.4) is 0 Å². The molecule has 1 aliphatic rings. The SMILES string of the molecule is COc1cc(F)ccc1CN1C=CC=C(C(=O)O)C1SCCCc1ccc(F)cc1. The molecule has 1 atom stereocenters. The van der Waals surface area contributed by atoms with Gasteiger partial charge in [-0.1, -0.05) is 18.2 Å². The van der Waals surface area contributed by atoms with Gasteiger partial charge in [0.2, 0.25) is 0 Å². The highest BCUT2D eigenvalue weighted by Crippen LogP contribution is 2.31. The molecule has 0 radical (unpaired) electrons. The summed E-state index contributed by atoms with van der Waals surface area (Å²) in [6.07, 6.45) is 6.77. The minimum atomic E-state index is -0.966. The smallest absolute Gasteiger partial charge is 0.334 e. The topological polar surface area (TPSA) is 49.8 Å². The second kappa shape index (κ2) is 10.3. The third-order valence-electron chi connectivity index (χ3n) is 4.77. The average molecular weight is 432 g/mol. The van der Waals surface area contributed by atoms with Crippen molar-refractivity contribution in [1.82, 2.24) is 4.90 Å². The van der Waals surface area contributed by atoms with Crippen LogP contribution < -0.4 is 4.74 Å². The number of ether oxygens (including phenoxy) is 1. The first kappa shape index (κ1) is 21.9. The molecule has 30 heavy (non-hydrogen) atoms. The van der Waals surface area contributed by atoms with Crippen LogP contribution in [0.1, 0.15) is 17.5 Å². The number of methoxy groups -OCH3 is 1.